The third-order valence-corrected chi connectivity index (χ3v) is 5.03. The number of allylic oxidation sites excluding steroid dienone is 2. The monoisotopic (exact) mass is 279 g/mol. The molecule has 1 aromatic carbocycles. The van der Waals surface area contributed by atoms with E-state index in [1.165, 1.54) is 5.56 Å². The summed E-state index contributed by atoms with van der Waals surface area (Å²) in [5.41, 5.74) is 4.27. The lowest BCUT2D eigenvalue weighted by molar-refractivity contribution is -0.126. The number of carbonyl (C=O) groups is 1. The highest BCUT2D eigenvalue weighted by molar-refractivity contribution is 5.87. The molecule has 2 bridgehead atoms. The Bertz CT molecular complexity index is 749. The van der Waals surface area contributed by atoms with Gasteiger partial charge in [0.2, 0.25) is 5.91 Å². The number of nitrogens with zero attached hydrogens (tertiary/aromatic N) is 1. The third kappa shape index (κ3) is 1.66. The molecule has 4 nitrogen and oxygen atoms in total. The minimum Gasteiger partial charge on any atom is -0.294 e. The second kappa shape index (κ2) is 4.40. The Balaban J connectivity index is 1.94. The van der Waals surface area contributed by atoms with Crippen LogP contribution in [0, 0.1) is 11.8 Å². The van der Waals surface area contributed by atoms with Crippen LogP contribution in [0.5, 0.6) is 0 Å². The molecule has 0 saturated heterocycles. The highest BCUT2D eigenvalue weighted by atomic mass is 16.2. The first-order valence-corrected chi connectivity index (χ1v) is 7.28. The molecule has 0 aliphatic heterocycles. The van der Waals surface area contributed by atoms with Crippen molar-refractivity contribution in [2.75, 3.05) is 0 Å². The molecule has 4 rings (SSSR count). The fourth-order valence-electron chi connectivity index (χ4n) is 4.15. The lowest BCUT2D eigenvalue weighted by atomic mass is 9.71. The van der Waals surface area contributed by atoms with Gasteiger partial charge in [0.05, 0.1) is 11.4 Å². The van der Waals surface area contributed by atoms with E-state index >= 15 is 0 Å². The van der Waals surface area contributed by atoms with Crippen molar-refractivity contribution in [1.82, 2.24) is 10.4 Å². The molecule has 2 aliphatic carbocycles. The quantitative estimate of drug-likeness (QED) is 0.383. The number of hydrazine groups is 1. The van der Waals surface area contributed by atoms with Gasteiger partial charge in [-0.05, 0) is 36.5 Å². The summed E-state index contributed by atoms with van der Waals surface area (Å²) in [5, 5.41) is 1.13. The number of nitrogens with two attached hydrogens (primary N) is 1. The van der Waals surface area contributed by atoms with Crippen LogP contribution in [0.4, 0.5) is 0 Å². The van der Waals surface area contributed by atoms with E-state index in [1.807, 2.05) is 18.2 Å². The number of pyridine rings is 1. The summed E-state index contributed by atoms with van der Waals surface area (Å²) in [4.78, 5) is 16.7. The second-order valence-electron chi connectivity index (χ2n) is 6.04. The molecule has 1 heterocycles. The fraction of sp³-hybridized carbons (Fsp3) is 0.294. The van der Waals surface area contributed by atoms with Crippen LogP contribution in [-0.4, -0.2) is 10.9 Å². The van der Waals surface area contributed by atoms with E-state index in [-0.39, 0.29) is 17.2 Å². The smallest absolute Gasteiger partial charge is 0.238 e. The molecule has 21 heavy (non-hydrogen) atoms. The average molecular weight is 279 g/mol. The number of rotatable bonds is 2. The Morgan fingerprint density at radius 3 is 3.05 bits per heavy atom. The van der Waals surface area contributed by atoms with Crippen molar-refractivity contribution in [2.24, 2.45) is 17.7 Å². The molecular formula is C17H17N3O. The first-order valence-electron chi connectivity index (χ1n) is 7.28. The highest BCUT2D eigenvalue weighted by Gasteiger charge is 2.53. The maximum Gasteiger partial charge on any atom is 0.238 e. The molecule has 3 atom stereocenters. The van der Waals surface area contributed by atoms with Crippen LogP contribution in [-0.2, 0) is 10.2 Å². The molecule has 0 spiro atoms. The number of amides is 1. The largest absolute Gasteiger partial charge is 0.294 e. The molecule has 1 fully saturated rings. The molecule has 2 aliphatic rings. The molecule has 4 heteroatoms. The predicted octanol–water partition coefficient (Wildman–Crippen LogP) is 2.06. The number of hydrogen-bond acceptors (Lipinski definition) is 3. The Morgan fingerprint density at radius 2 is 2.24 bits per heavy atom. The van der Waals surface area contributed by atoms with Gasteiger partial charge in [-0.1, -0.05) is 30.4 Å². The minimum absolute atomic E-state index is 0.0669. The van der Waals surface area contributed by atoms with E-state index in [0.717, 1.165) is 23.7 Å². The van der Waals surface area contributed by atoms with E-state index in [9.17, 15) is 4.79 Å². The number of nitrogens with one attached hydrogen (secondary N) is 1. The van der Waals surface area contributed by atoms with Gasteiger partial charge in [0.15, 0.2) is 0 Å². The molecule has 3 unspecified atom stereocenters. The molecule has 1 saturated carbocycles. The van der Waals surface area contributed by atoms with Gasteiger partial charge in [-0.2, -0.15) is 0 Å². The van der Waals surface area contributed by atoms with Crippen LogP contribution < -0.4 is 11.3 Å². The van der Waals surface area contributed by atoms with Crippen molar-refractivity contribution in [1.29, 1.82) is 0 Å². The van der Waals surface area contributed by atoms with Crippen LogP contribution in [0.3, 0.4) is 0 Å². The van der Waals surface area contributed by atoms with Crippen molar-refractivity contribution >= 4 is 16.8 Å². The van der Waals surface area contributed by atoms with Crippen molar-refractivity contribution in [3.8, 4) is 0 Å². The van der Waals surface area contributed by atoms with E-state index in [1.54, 1.807) is 6.20 Å². The van der Waals surface area contributed by atoms with Crippen molar-refractivity contribution < 1.29 is 4.79 Å². The van der Waals surface area contributed by atoms with Crippen LogP contribution >= 0.6 is 0 Å². The van der Waals surface area contributed by atoms with Crippen molar-refractivity contribution in [3.63, 3.8) is 0 Å². The maximum absolute atomic E-state index is 12.2. The average Bonchev–Trinajstić information content (AvgIpc) is 3.13. The van der Waals surface area contributed by atoms with E-state index in [2.05, 4.69) is 34.7 Å². The first-order chi connectivity index (χ1) is 10.2. The van der Waals surface area contributed by atoms with Crippen LogP contribution in [0.15, 0.2) is 48.7 Å². The van der Waals surface area contributed by atoms with Crippen molar-refractivity contribution in [3.05, 3.63) is 54.2 Å². The SMILES string of the molecule is NNC(=O)C1CC2C=CC1(c1cccc3ncccc13)C2. The fourth-order valence-corrected chi connectivity index (χ4v) is 4.15. The van der Waals surface area contributed by atoms with Gasteiger partial charge in [0.1, 0.15) is 0 Å². The normalized spacial score (nSPS) is 30.0. The van der Waals surface area contributed by atoms with Gasteiger partial charge < -0.3 is 0 Å². The molecule has 0 radical (unpaired) electrons. The molecule has 1 aromatic heterocycles. The molecule has 1 amide bonds. The first kappa shape index (κ1) is 12.5. The Morgan fingerprint density at radius 1 is 1.33 bits per heavy atom. The molecular weight excluding hydrogens is 262 g/mol. The maximum atomic E-state index is 12.2. The highest BCUT2D eigenvalue weighted by Crippen LogP contribution is 2.55. The Kier molecular flexibility index (Phi) is 2.62. The van der Waals surface area contributed by atoms with Crippen LogP contribution in [0.1, 0.15) is 18.4 Å². The predicted molar refractivity (Wildman–Crippen MR) is 81.1 cm³/mol. The van der Waals surface area contributed by atoms with Crippen LogP contribution in [0.25, 0.3) is 10.9 Å². The van der Waals surface area contributed by atoms with Gasteiger partial charge in [-0.15, -0.1) is 0 Å². The van der Waals surface area contributed by atoms with E-state index < -0.39 is 0 Å². The Labute approximate surface area is 123 Å². The lowest BCUT2D eigenvalue weighted by Crippen LogP contribution is -2.43. The van der Waals surface area contributed by atoms with E-state index in [4.69, 9.17) is 5.84 Å². The zero-order valence-corrected chi connectivity index (χ0v) is 11.6. The third-order valence-electron chi connectivity index (χ3n) is 5.03. The minimum atomic E-state index is -0.239. The topological polar surface area (TPSA) is 68.0 Å². The van der Waals surface area contributed by atoms with Crippen LogP contribution in [0.2, 0.25) is 0 Å². The lowest BCUT2D eigenvalue weighted by Gasteiger charge is -2.32. The number of aromatic nitrogens is 1. The van der Waals surface area contributed by atoms with Gasteiger partial charge in [0.25, 0.3) is 0 Å². The zero-order chi connectivity index (χ0) is 14.4. The van der Waals surface area contributed by atoms with Gasteiger partial charge in [-0.25, -0.2) is 5.84 Å². The number of benzene rings is 1. The van der Waals surface area contributed by atoms with Crippen molar-refractivity contribution in [2.45, 2.75) is 18.3 Å². The Hall–Kier alpha value is -2.20. The molecule has 2 aromatic rings. The molecule has 106 valence electrons. The number of hydrogen-bond donors (Lipinski definition) is 2. The number of fused-ring (bicyclic) bond motifs is 3. The molecule has 3 N–H and O–H groups in total. The standard InChI is InChI=1S/C17H17N3O/c18-20-16(21)14-9-11-6-7-17(14,10-11)13-4-1-5-15-12(13)3-2-8-19-15/h1-8,11,14H,9-10,18H2,(H,20,21). The summed E-state index contributed by atoms with van der Waals surface area (Å²) in [5.74, 6) is 5.71. The van der Waals surface area contributed by atoms with E-state index in [0.29, 0.717) is 5.92 Å². The summed E-state index contributed by atoms with van der Waals surface area (Å²) in [6.45, 7) is 0. The zero-order valence-electron chi connectivity index (χ0n) is 11.6. The van der Waals surface area contributed by atoms with Gasteiger partial charge in [-0.3, -0.25) is 15.2 Å². The van der Waals surface area contributed by atoms with Gasteiger partial charge >= 0.3 is 0 Å². The summed E-state index contributed by atoms with van der Waals surface area (Å²) >= 11 is 0. The summed E-state index contributed by atoms with van der Waals surface area (Å²) in [7, 11) is 0. The second-order valence-corrected chi connectivity index (χ2v) is 6.04. The number of carbonyl (C=O) groups excluding carboxylic acids is 1. The van der Waals surface area contributed by atoms with Gasteiger partial charge in [0, 0.05) is 17.0 Å². The summed E-state index contributed by atoms with van der Waals surface area (Å²) in [6.07, 6.45) is 8.11. The summed E-state index contributed by atoms with van der Waals surface area (Å²) in [6, 6.07) is 10.2. The summed E-state index contributed by atoms with van der Waals surface area (Å²) < 4.78 is 0.